The van der Waals surface area contributed by atoms with E-state index >= 15 is 0 Å². The molecule has 0 aromatic heterocycles. The van der Waals surface area contributed by atoms with Crippen molar-refractivity contribution in [1.29, 1.82) is 0 Å². The normalized spacial score (nSPS) is 39.3. The van der Waals surface area contributed by atoms with Gasteiger partial charge in [0, 0.05) is 29.9 Å². The molecule has 8 heteroatoms. The smallest absolute Gasteiger partial charge is 0.328 e. The van der Waals surface area contributed by atoms with Gasteiger partial charge < -0.3 is 21.2 Å². The molecule has 0 aliphatic heterocycles. The summed E-state index contributed by atoms with van der Waals surface area (Å²) in [5.74, 6) is 0.898. The summed E-state index contributed by atoms with van der Waals surface area (Å²) >= 11 is 0. The summed E-state index contributed by atoms with van der Waals surface area (Å²) in [5, 5.41) is 29.4. The molecule has 0 aromatic carbocycles. The zero-order valence-corrected chi connectivity index (χ0v) is 21.1. The molecule has 0 bridgehead atoms. The summed E-state index contributed by atoms with van der Waals surface area (Å²) in [5.41, 5.74) is 6.87. The van der Waals surface area contributed by atoms with Crippen LogP contribution in [0.3, 0.4) is 0 Å². The van der Waals surface area contributed by atoms with Crippen LogP contribution in [0.4, 0.5) is 0 Å². The van der Waals surface area contributed by atoms with Gasteiger partial charge in [-0.05, 0) is 87.0 Å². The highest BCUT2D eigenvalue weighted by Gasteiger charge is 2.61. The van der Waals surface area contributed by atoms with Crippen LogP contribution in [0.2, 0.25) is 0 Å². The second-order valence-corrected chi connectivity index (χ2v) is 11.6. The third-order valence-corrected chi connectivity index (χ3v) is 9.86. The topological polar surface area (TPSA) is 150 Å². The number of nitrogens with zero attached hydrogens (tertiary/aromatic N) is 1. The number of carboxylic acid groups (broad SMARTS) is 2. The maximum Gasteiger partial charge on any atom is 0.328 e. The van der Waals surface area contributed by atoms with Gasteiger partial charge in [-0.3, -0.25) is 4.79 Å². The van der Waals surface area contributed by atoms with E-state index in [1.54, 1.807) is 0 Å². The molecule has 4 aliphatic rings. The molecule has 4 saturated carbocycles. The van der Waals surface area contributed by atoms with E-state index in [0.717, 1.165) is 50.3 Å². The number of carbonyl (C=O) groups excluding carboxylic acids is 1. The third kappa shape index (κ3) is 5.63. The lowest BCUT2D eigenvalue weighted by Crippen LogP contribution is -2.56. The van der Waals surface area contributed by atoms with Crippen LogP contribution in [0.1, 0.15) is 84.5 Å². The molecule has 0 aromatic rings. The van der Waals surface area contributed by atoms with Gasteiger partial charge in [-0.2, -0.15) is 0 Å². The quantitative estimate of drug-likeness (QED) is 0.185. The number of rotatable bonds is 6. The van der Waals surface area contributed by atoms with E-state index in [4.69, 9.17) is 15.9 Å². The van der Waals surface area contributed by atoms with Gasteiger partial charge in [0.2, 0.25) is 0 Å². The van der Waals surface area contributed by atoms with Crippen molar-refractivity contribution in [3.05, 3.63) is 12.2 Å². The summed E-state index contributed by atoms with van der Waals surface area (Å²) in [6, 6.07) is 0. The Labute approximate surface area is 208 Å². The number of nitrogens with two attached hydrogens (primary N) is 1. The standard InChI is InChI=1S/C23H38N2O2.C4H4O4/c1-22-10-8-15(5-3-4-12-24)13-19(22)20(25-27)14-16-17-6-7-21(26)23(17,2)11-9-18(16)22;5-3(6)1-2-4(7)8/h15-19,27H,3-14,24H2,1-2H3;1-2H,(H,5,6)(H,7,8)/b25-20+;/t15?,16-,17-,18-,19+,22+,23-;/m0./s1. The summed E-state index contributed by atoms with van der Waals surface area (Å²) in [7, 11) is 0. The number of carboxylic acids is 2. The van der Waals surface area contributed by atoms with E-state index in [0.29, 0.717) is 41.6 Å². The van der Waals surface area contributed by atoms with Gasteiger partial charge in [0.25, 0.3) is 0 Å². The molecular formula is C27H42N2O6. The fourth-order valence-corrected chi connectivity index (χ4v) is 8.01. The first kappa shape index (κ1) is 27.4. The van der Waals surface area contributed by atoms with E-state index in [2.05, 4.69) is 19.0 Å². The van der Waals surface area contributed by atoms with E-state index in [1.807, 2.05) is 0 Å². The molecule has 4 rings (SSSR count). The van der Waals surface area contributed by atoms with Crippen LogP contribution in [-0.4, -0.2) is 45.4 Å². The average Bonchev–Trinajstić information content (AvgIpc) is 3.12. The first-order chi connectivity index (χ1) is 16.6. The Hall–Kier alpha value is -2.22. The molecule has 196 valence electrons. The fourth-order valence-electron chi connectivity index (χ4n) is 8.01. The summed E-state index contributed by atoms with van der Waals surface area (Å²) in [4.78, 5) is 31.7. The van der Waals surface area contributed by atoms with Crippen molar-refractivity contribution in [3.63, 3.8) is 0 Å². The Bertz CT molecular complexity index is 854. The molecule has 1 unspecified atom stereocenters. The molecule has 4 aliphatic carbocycles. The lowest BCUT2D eigenvalue weighted by molar-refractivity contribution is -0.134. The molecule has 5 N–H and O–H groups in total. The summed E-state index contributed by atoms with van der Waals surface area (Å²) in [6.45, 7) is 5.50. The highest BCUT2D eigenvalue weighted by atomic mass is 16.4. The lowest BCUT2D eigenvalue weighted by Gasteiger charge is -2.60. The third-order valence-electron chi connectivity index (χ3n) is 9.86. The van der Waals surface area contributed by atoms with Gasteiger partial charge in [0.15, 0.2) is 0 Å². The zero-order chi connectivity index (χ0) is 25.8. The molecule has 0 heterocycles. The monoisotopic (exact) mass is 490 g/mol. The van der Waals surface area contributed by atoms with Crippen molar-refractivity contribution in [2.75, 3.05) is 6.54 Å². The number of hydrogen-bond donors (Lipinski definition) is 4. The molecule has 7 atom stereocenters. The van der Waals surface area contributed by atoms with E-state index in [1.165, 1.54) is 38.5 Å². The SMILES string of the molecule is C[C@]12CCC(CCCCN)C[C@@H]1/C(=N/O)C[C@@H]1[C@@H]2CC[C@]2(C)C(=O)CC[C@@H]12.O=C(O)C=CC(=O)O. The predicted molar refractivity (Wildman–Crippen MR) is 132 cm³/mol. The van der Waals surface area contributed by atoms with Crippen LogP contribution in [-0.2, 0) is 14.4 Å². The molecule has 0 radical (unpaired) electrons. The van der Waals surface area contributed by atoms with Crippen LogP contribution in [0.5, 0.6) is 0 Å². The fraction of sp³-hybridized carbons (Fsp3) is 0.778. The Kier molecular flexibility index (Phi) is 8.78. The van der Waals surface area contributed by atoms with Crippen LogP contribution < -0.4 is 5.73 Å². The number of oxime groups is 1. The Balaban J connectivity index is 0.000000371. The Morgan fingerprint density at radius 2 is 1.74 bits per heavy atom. The largest absolute Gasteiger partial charge is 0.478 e. The number of unbranched alkanes of at least 4 members (excludes halogenated alkanes) is 1. The first-order valence-corrected chi connectivity index (χ1v) is 13.1. The second kappa shape index (κ2) is 11.2. The number of ketones is 1. The number of aliphatic carboxylic acids is 2. The molecule has 35 heavy (non-hydrogen) atoms. The van der Waals surface area contributed by atoms with E-state index in [-0.39, 0.29) is 10.8 Å². The molecule has 0 saturated heterocycles. The maximum absolute atomic E-state index is 12.6. The second-order valence-electron chi connectivity index (χ2n) is 11.6. The number of carbonyl (C=O) groups is 3. The van der Waals surface area contributed by atoms with Crippen molar-refractivity contribution in [3.8, 4) is 0 Å². The number of fused-ring (bicyclic) bond motifs is 5. The first-order valence-electron chi connectivity index (χ1n) is 13.1. The van der Waals surface area contributed by atoms with Gasteiger partial charge in [-0.25, -0.2) is 9.59 Å². The summed E-state index contributed by atoms with van der Waals surface area (Å²) in [6.07, 6.45) is 13.5. The van der Waals surface area contributed by atoms with Gasteiger partial charge in [-0.15, -0.1) is 0 Å². The van der Waals surface area contributed by atoms with Gasteiger partial charge in [-0.1, -0.05) is 31.8 Å². The minimum Gasteiger partial charge on any atom is -0.478 e. The van der Waals surface area contributed by atoms with Crippen LogP contribution >= 0.6 is 0 Å². The Morgan fingerprint density at radius 3 is 2.34 bits per heavy atom. The molecule has 8 nitrogen and oxygen atoms in total. The van der Waals surface area contributed by atoms with Crippen molar-refractivity contribution >= 4 is 23.4 Å². The highest BCUT2D eigenvalue weighted by Crippen LogP contribution is 2.65. The minimum atomic E-state index is -1.26. The molecular weight excluding hydrogens is 448 g/mol. The van der Waals surface area contributed by atoms with Gasteiger partial charge >= 0.3 is 11.9 Å². The van der Waals surface area contributed by atoms with Crippen molar-refractivity contribution in [1.82, 2.24) is 0 Å². The molecule has 4 fully saturated rings. The van der Waals surface area contributed by atoms with E-state index < -0.39 is 11.9 Å². The van der Waals surface area contributed by atoms with Crippen LogP contribution in [0.15, 0.2) is 17.3 Å². The van der Waals surface area contributed by atoms with Crippen LogP contribution in [0, 0.1) is 40.4 Å². The van der Waals surface area contributed by atoms with E-state index in [9.17, 15) is 19.6 Å². The van der Waals surface area contributed by atoms with Gasteiger partial charge in [0.05, 0.1) is 5.71 Å². The maximum atomic E-state index is 12.6. The highest BCUT2D eigenvalue weighted by molar-refractivity contribution is 5.90. The molecule has 0 spiro atoms. The number of Topliss-reactive ketones (excluding diaryl/α,β-unsaturated/α-hetero) is 1. The van der Waals surface area contributed by atoms with Gasteiger partial charge in [0.1, 0.15) is 5.78 Å². The van der Waals surface area contributed by atoms with Crippen molar-refractivity contribution < 1.29 is 29.8 Å². The summed E-state index contributed by atoms with van der Waals surface area (Å²) < 4.78 is 0. The zero-order valence-electron chi connectivity index (χ0n) is 21.1. The number of hydrogen-bond acceptors (Lipinski definition) is 6. The Morgan fingerprint density at radius 1 is 1.06 bits per heavy atom. The minimum absolute atomic E-state index is 0.107. The van der Waals surface area contributed by atoms with Crippen LogP contribution in [0.25, 0.3) is 0 Å². The average molecular weight is 491 g/mol. The molecule has 0 amide bonds. The lowest BCUT2D eigenvalue weighted by atomic mass is 9.44. The predicted octanol–water partition coefficient (Wildman–Crippen LogP) is 4.50. The van der Waals surface area contributed by atoms with Crippen molar-refractivity contribution in [2.45, 2.75) is 84.5 Å². The van der Waals surface area contributed by atoms with Crippen molar-refractivity contribution in [2.24, 2.45) is 51.3 Å².